The van der Waals surface area contributed by atoms with E-state index in [0.29, 0.717) is 19.1 Å². The third-order valence-electron chi connectivity index (χ3n) is 4.76. The number of carbonyl (C=O) groups is 2. The van der Waals surface area contributed by atoms with Crippen LogP contribution < -0.4 is 10.6 Å². The minimum Gasteiger partial charge on any atom is -0.446 e. The second-order valence-electron chi connectivity index (χ2n) is 6.94. The van der Waals surface area contributed by atoms with Crippen LogP contribution in [-0.2, 0) is 24.4 Å². The molecular weight excluding hydrogens is 409 g/mol. The number of amides is 2. The monoisotopic (exact) mass is 432 g/mol. The van der Waals surface area contributed by atoms with Crippen molar-refractivity contribution in [2.75, 3.05) is 26.3 Å². The molecule has 3 N–H and O–H groups in total. The van der Waals surface area contributed by atoms with Crippen LogP contribution in [0.15, 0.2) is 0 Å². The molecule has 28 heavy (non-hydrogen) atoms. The molecule has 0 aromatic heterocycles. The Hall–Kier alpha value is -1.60. The molecule has 2 rings (SSSR count). The molecule has 0 aromatic carbocycles. The summed E-state index contributed by atoms with van der Waals surface area (Å²) in [6.07, 6.45) is -1.66. The first-order chi connectivity index (χ1) is 13.0. The van der Waals surface area contributed by atoms with Gasteiger partial charge in [-0.3, -0.25) is 9.35 Å². The van der Waals surface area contributed by atoms with Gasteiger partial charge in [-0.2, -0.15) is 17.2 Å². The molecule has 1 aliphatic heterocycles. The third kappa shape index (κ3) is 6.48. The topological polar surface area (TPSA) is 134 Å². The molecule has 162 valence electrons. The van der Waals surface area contributed by atoms with Crippen molar-refractivity contribution < 1.29 is 45.2 Å². The maximum absolute atomic E-state index is 13.2. The van der Waals surface area contributed by atoms with Gasteiger partial charge in [0.25, 0.3) is 5.91 Å². The van der Waals surface area contributed by atoms with Gasteiger partial charge in [-0.1, -0.05) is 0 Å². The molecule has 0 radical (unpaired) electrons. The second-order valence-corrected chi connectivity index (χ2v) is 8.43. The second kappa shape index (κ2) is 9.27. The highest BCUT2D eigenvalue weighted by atomic mass is 32.2. The van der Waals surface area contributed by atoms with Crippen LogP contribution in [0.25, 0.3) is 0 Å². The van der Waals surface area contributed by atoms with Crippen molar-refractivity contribution in [3.05, 3.63) is 0 Å². The Balaban J connectivity index is 1.60. The van der Waals surface area contributed by atoms with E-state index >= 15 is 0 Å². The number of hydrogen-bond donors (Lipinski definition) is 3. The highest BCUT2D eigenvalue weighted by Gasteiger charge is 2.53. The normalized spacial score (nSPS) is 26.2. The van der Waals surface area contributed by atoms with E-state index in [1.165, 1.54) is 0 Å². The highest BCUT2D eigenvalue weighted by molar-refractivity contribution is 7.86. The Bertz CT molecular complexity index is 665. The summed E-state index contributed by atoms with van der Waals surface area (Å²) in [5.41, 5.74) is 0. The number of carbonyl (C=O) groups excluding carboxylic acids is 2. The van der Waals surface area contributed by atoms with Crippen molar-refractivity contribution in [3.8, 4) is 0 Å². The number of hydrogen-bond acceptors (Lipinski definition) is 6. The molecule has 1 saturated heterocycles. The van der Waals surface area contributed by atoms with Gasteiger partial charge in [0.05, 0.1) is 6.61 Å². The molecule has 1 aliphatic carbocycles. The fraction of sp³-hybridized carbons (Fsp3) is 0.867. The van der Waals surface area contributed by atoms with Crippen LogP contribution in [0.4, 0.5) is 18.0 Å². The van der Waals surface area contributed by atoms with Crippen LogP contribution >= 0.6 is 0 Å². The number of alkyl carbamates (subject to hydrolysis) is 1. The van der Waals surface area contributed by atoms with Gasteiger partial charge in [0, 0.05) is 13.1 Å². The quantitative estimate of drug-likeness (QED) is 0.363. The van der Waals surface area contributed by atoms with E-state index in [9.17, 15) is 31.2 Å². The molecule has 0 spiro atoms. The van der Waals surface area contributed by atoms with Crippen LogP contribution in [0.1, 0.15) is 25.7 Å². The summed E-state index contributed by atoms with van der Waals surface area (Å²) < 4.78 is 77.4. The van der Waals surface area contributed by atoms with Gasteiger partial charge >= 0.3 is 21.5 Å². The predicted octanol–water partition coefficient (Wildman–Crippen LogP) is 0.853. The van der Waals surface area contributed by atoms with Gasteiger partial charge in [0.1, 0.15) is 6.61 Å². The van der Waals surface area contributed by atoms with Crippen LogP contribution in [0.5, 0.6) is 0 Å². The summed E-state index contributed by atoms with van der Waals surface area (Å²) in [5.74, 6) is 0.324. The summed E-state index contributed by atoms with van der Waals surface area (Å²) in [5, 5.41) is 0.0708. The van der Waals surface area contributed by atoms with Crippen LogP contribution in [0.3, 0.4) is 0 Å². The fourth-order valence-corrected chi connectivity index (χ4v) is 3.28. The van der Waals surface area contributed by atoms with Gasteiger partial charge in [-0.25, -0.2) is 9.18 Å². The van der Waals surface area contributed by atoms with E-state index < -0.39 is 34.2 Å². The molecule has 2 fully saturated rings. The van der Waals surface area contributed by atoms with Crippen LogP contribution in [-0.4, -0.2) is 68.8 Å². The first kappa shape index (κ1) is 22.7. The van der Waals surface area contributed by atoms with Crippen molar-refractivity contribution in [3.63, 3.8) is 0 Å². The molecule has 1 saturated carbocycles. The summed E-state index contributed by atoms with van der Waals surface area (Å²) >= 11 is 0. The molecule has 0 aromatic rings. The van der Waals surface area contributed by atoms with Gasteiger partial charge < -0.3 is 20.1 Å². The predicted molar refractivity (Wildman–Crippen MR) is 88.9 cm³/mol. The highest BCUT2D eigenvalue weighted by Crippen LogP contribution is 2.29. The number of alkyl halides is 3. The van der Waals surface area contributed by atoms with E-state index in [2.05, 4.69) is 15.4 Å². The van der Waals surface area contributed by atoms with Crippen molar-refractivity contribution in [2.24, 2.45) is 11.8 Å². The Labute approximate surface area is 160 Å². The lowest BCUT2D eigenvalue weighted by atomic mass is 9.82. The van der Waals surface area contributed by atoms with Crippen LogP contribution in [0.2, 0.25) is 0 Å². The zero-order valence-corrected chi connectivity index (χ0v) is 15.7. The standard InChI is InChI=1S/C15H23F3N2O7S/c16-12(15(17,18)28(23,24)25)8-27-14(22)20-6-10-3-1-9(2-4-10)5-19-13(21)11-7-26-11/h9-12H,1-8H2,(H,19,21)(H,20,22)(H,23,24,25). The van der Waals surface area contributed by atoms with Crippen molar-refractivity contribution >= 4 is 22.1 Å². The average Bonchev–Trinajstić information content (AvgIpc) is 3.47. The number of nitrogens with one attached hydrogen (secondary N) is 2. The third-order valence-corrected chi connectivity index (χ3v) is 5.71. The van der Waals surface area contributed by atoms with Gasteiger partial charge in [0.15, 0.2) is 6.10 Å². The van der Waals surface area contributed by atoms with Crippen LogP contribution in [0, 0.1) is 11.8 Å². The SMILES string of the molecule is O=C(NCC1CCC(CNC(=O)C2CO2)CC1)OCC(F)C(F)(F)S(=O)(=O)O. The van der Waals surface area contributed by atoms with Crippen molar-refractivity contribution in [1.29, 1.82) is 0 Å². The average molecular weight is 432 g/mol. The molecule has 2 aliphatic rings. The summed E-state index contributed by atoms with van der Waals surface area (Å²) in [4.78, 5) is 23.0. The number of epoxide rings is 1. The Morgan fingerprint density at radius 3 is 2.11 bits per heavy atom. The molecule has 1 heterocycles. The van der Waals surface area contributed by atoms with Crippen molar-refractivity contribution in [1.82, 2.24) is 10.6 Å². The zero-order valence-electron chi connectivity index (χ0n) is 14.9. The molecule has 2 amide bonds. The van der Waals surface area contributed by atoms with E-state index in [1.807, 2.05) is 0 Å². The van der Waals surface area contributed by atoms with Gasteiger partial charge in [0.2, 0.25) is 6.17 Å². The molecule has 2 unspecified atom stereocenters. The maximum Gasteiger partial charge on any atom is 0.407 e. The summed E-state index contributed by atoms with van der Waals surface area (Å²) in [6.45, 7) is -0.313. The lowest BCUT2D eigenvalue weighted by Gasteiger charge is -2.28. The number of ether oxygens (including phenoxy) is 2. The van der Waals surface area contributed by atoms with E-state index in [1.54, 1.807) is 0 Å². The van der Waals surface area contributed by atoms with E-state index in [0.717, 1.165) is 25.7 Å². The van der Waals surface area contributed by atoms with E-state index in [-0.39, 0.29) is 24.5 Å². The molecule has 13 heteroatoms. The van der Waals surface area contributed by atoms with E-state index in [4.69, 9.17) is 9.29 Å². The molecular formula is C15H23F3N2O7S. The smallest absolute Gasteiger partial charge is 0.407 e. The van der Waals surface area contributed by atoms with Gasteiger partial charge in [-0.15, -0.1) is 0 Å². The van der Waals surface area contributed by atoms with Crippen molar-refractivity contribution in [2.45, 2.75) is 43.2 Å². The Kier molecular flexibility index (Phi) is 7.51. The first-order valence-corrected chi connectivity index (χ1v) is 10.2. The minimum atomic E-state index is -5.95. The molecule has 0 bridgehead atoms. The summed E-state index contributed by atoms with van der Waals surface area (Å²) in [7, 11) is -5.95. The summed E-state index contributed by atoms with van der Waals surface area (Å²) in [6, 6.07) is 0. The number of halogens is 3. The Morgan fingerprint density at radius 2 is 1.64 bits per heavy atom. The zero-order chi connectivity index (χ0) is 20.9. The largest absolute Gasteiger partial charge is 0.446 e. The van der Waals surface area contributed by atoms with Gasteiger partial charge in [-0.05, 0) is 37.5 Å². The Morgan fingerprint density at radius 1 is 1.14 bits per heavy atom. The fourth-order valence-electron chi connectivity index (χ4n) is 2.88. The first-order valence-electron chi connectivity index (χ1n) is 8.79. The maximum atomic E-state index is 13.2. The lowest BCUT2D eigenvalue weighted by molar-refractivity contribution is -0.122. The molecule has 2 atom stereocenters. The number of rotatable bonds is 9. The minimum absolute atomic E-state index is 0.114. The lowest BCUT2D eigenvalue weighted by Crippen LogP contribution is -2.42. The molecule has 9 nitrogen and oxygen atoms in total.